The molecule has 0 bridgehead atoms. The number of amides is 2. The van der Waals surface area contributed by atoms with Crippen LogP contribution in [-0.2, 0) is 4.74 Å². The van der Waals surface area contributed by atoms with Crippen molar-refractivity contribution in [1.29, 1.82) is 0 Å². The molecule has 2 amide bonds. The number of halogens is 1. The molecule has 0 saturated carbocycles. The average Bonchev–Trinajstić information content (AvgIpc) is 2.52. The molecule has 0 spiro atoms. The number of hydrogen-bond acceptors (Lipinski definition) is 3. The number of urea groups is 1. The summed E-state index contributed by atoms with van der Waals surface area (Å²) in [4.78, 5) is 23.5. The van der Waals surface area contributed by atoms with Gasteiger partial charge in [0.15, 0.2) is 0 Å². The normalized spacial score (nSPS) is 10.0. The quantitative estimate of drug-likeness (QED) is 0.767. The van der Waals surface area contributed by atoms with E-state index in [1.165, 1.54) is 0 Å². The summed E-state index contributed by atoms with van der Waals surface area (Å²) in [7, 11) is 0. The van der Waals surface area contributed by atoms with E-state index in [2.05, 4.69) is 26.6 Å². The van der Waals surface area contributed by atoms with Crippen LogP contribution in [0.15, 0.2) is 46.9 Å². The van der Waals surface area contributed by atoms with Gasteiger partial charge in [0.05, 0.1) is 12.2 Å². The number of benzene rings is 2. The zero-order chi connectivity index (χ0) is 16.8. The number of rotatable bonds is 4. The predicted octanol–water partition coefficient (Wildman–Crippen LogP) is 4.58. The molecule has 2 rings (SSSR count). The van der Waals surface area contributed by atoms with E-state index in [9.17, 15) is 9.59 Å². The lowest BCUT2D eigenvalue weighted by Gasteiger charge is -2.09. The fraction of sp³-hybridized carbons (Fsp3) is 0.176. The largest absolute Gasteiger partial charge is 0.462 e. The molecule has 0 unspecified atom stereocenters. The number of hydrogen-bond donors (Lipinski definition) is 2. The monoisotopic (exact) mass is 376 g/mol. The van der Waals surface area contributed by atoms with E-state index in [1.807, 2.05) is 19.1 Å². The summed E-state index contributed by atoms with van der Waals surface area (Å²) >= 11 is 3.41. The van der Waals surface area contributed by atoms with Crippen molar-refractivity contribution in [2.75, 3.05) is 17.2 Å². The smallest absolute Gasteiger partial charge is 0.338 e. The highest BCUT2D eigenvalue weighted by Gasteiger charge is 2.07. The topological polar surface area (TPSA) is 67.4 Å². The number of carbonyl (C=O) groups is 2. The first kappa shape index (κ1) is 17.0. The zero-order valence-corrected chi connectivity index (χ0v) is 14.4. The Morgan fingerprint density at radius 2 is 1.65 bits per heavy atom. The maximum atomic E-state index is 12.0. The third-order valence-corrected chi connectivity index (χ3v) is 3.96. The Balaban J connectivity index is 1.97. The lowest BCUT2D eigenvalue weighted by atomic mass is 10.2. The van der Waals surface area contributed by atoms with Gasteiger partial charge in [0.25, 0.3) is 0 Å². The minimum atomic E-state index is -0.381. The first-order valence-electron chi connectivity index (χ1n) is 7.11. The van der Waals surface area contributed by atoms with Crippen LogP contribution in [0.4, 0.5) is 16.2 Å². The number of carbonyl (C=O) groups excluding carboxylic acids is 2. The Kier molecular flexibility index (Phi) is 5.76. The molecule has 2 aromatic rings. The van der Waals surface area contributed by atoms with E-state index >= 15 is 0 Å². The van der Waals surface area contributed by atoms with Crippen LogP contribution >= 0.6 is 15.9 Å². The Hall–Kier alpha value is -2.34. The van der Waals surface area contributed by atoms with E-state index in [4.69, 9.17) is 4.74 Å². The molecular formula is C17H17BrN2O3. The third kappa shape index (κ3) is 4.82. The zero-order valence-electron chi connectivity index (χ0n) is 12.9. The van der Waals surface area contributed by atoms with Crippen LogP contribution in [0.25, 0.3) is 0 Å². The summed E-state index contributed by atoms with van der Waals surface area (Å²) < 4.78 is 5.89. The summed E-state index contributed by atoms with van der Waals surface area (Å²) in [5, 5.41) is 5.46. The fourth-order valence-corrected chi connectivity index (χ4v) is 2.17. The summed E-state index contributed by atoms with van der Waals surface area (Å²) in [6, 6.07) is 11.7. The standard InChI is InChI=1S/C17H17BrN2O3/c1-3-23-16(21)12-4-6-13(7-5-12)19-17(22)20-14-8-9-15(18)11(2)10-14/h4-10H,3H2,1-2H3,(H2,19,20,22). The first-order valence-corrected chi connectivity index (χ1v) is 7.90. The van der Waals surface area contributed by atoms with E-state index in [0.717, 1.165) is 10.0 Å². The van der Waals surface area contributed by atoms with Crippen molar-refractivity contribution >= 4 is 39.3 Å². The SMILES string of the molecule is CCOC(=O)c1ccc(NC(=O)Nc2ccc(Br)c(C)c2)cc1. The summed E-state index contributed by atoms with van der Waals surface area (Å²) in [5.41, 5.74) is 2.76. The summed E-state index contributed by atoms with van der Waals surface area (Å²) in [5.74, 6) is -0.381. The Bertz CT molecular complexity index is 714. The van der Waals surface area contributed by atoms with Gasteiger partial charge in [-0.1, -0.05) is 15.9 Å². The number of ether oxygens (including phenoxy) is 1. The average molecular weight is 377 g/mol. The maximum Gasteiger partial charge on any atom is 0.338 e. The predicted molar refractivity (Wildman–Crippen MR) is 93.9 cm³/mol. The van der Waals surface area contributed by atoms with Crippen LogP contribution in [0.2, 0.25) is 0 Å². The Morgan fingerprint density at radius 1 is 1.04 bits per heavy atom. The lowest BCUT2D eigenvalue weighted by molar-refractivity contribution is 0.0526. The molecular weight excluding hydrogens is 360 g/mol. The van der Waals surface area contributed by atoms with Crippen LogP contribution in [-0.4, -0.2) is 18.6 Å². The van der Waals surface area contributed by atoms with Crippen molar-refractivity contribution in [3.05, 3.63) is 58.1 Å². The van der Waals surface area contributed by atoms with Gasteiger partial charge in [0.1, 0.15) is 0 Å². The van der Waals surface area contributed by atoms with Crippen molar-refractivity contribution in [2.24, 2.45) is 0 Å². The molecule has 0 radical (unpaired) electrons. The number of aryl methyl sites for hydroxylation is 1. The second-order valence-corrected chi connectivity index (χ2v) is 5.70. The molecule has 0 saturated heterocycles. The van der Waals surface area contributed by atoms with Crippen molar-refractivity contribution < 1.29 is 14.3 Å². The Morgan fingerprint density at radius 3 is 2.26 bits per heavy atom. The molecule has 2 N–H and O–H groups in total. The summed E-state index contributed by atoms with van der Waals surface area (Å²) in [6.07, 6.45) is 0. The van der Waals surface area contributed by atoms with Gasteiger partial charge < -0.3 is 15.4 Å². The van der Waals surface area contributed by atoms with Gasteiger partial charge in [0, 0.05) is 15.8 Å². The molecule has 0 aromatic heterocycles. The van der Waals surface area contributed by atoms with Gasteiger partial charge in [-0.25, -0.2) is 9.59 Å². The van der Waals surface area contributed by atoms with Crippen LogP contribution in [0.1, 0.15) is 22.8 Å². The molecule has 5 nitrogen and oxygen atoms in total. The van der Waals surface area contributed by atoms with Gasteiger partial charge in [-0.15, -0.1) is 0 Å². The van der Waals surface area contributed by atoms with Crippen molar-refractivity contribution in [1.82, 2.24) is 0 Å². The number of nitrogens with one attached hydrogen (secondary N) is 2. The highest BCUT2D eigenvalue weighted by molar-refractivity contribution is 9.10. The Labute approximate surface area is 143 Å². The van der Waals surface area contributed by atoms with E-state index in [-0.39, 0.29) is 12.0 Å². The van der Waals surface area contributed by atoms with Crippen LogP contribution in [0.5, 0.6) is 0 Å². The highest BCUT2D eigenvalue weighted by Crippen LogP contribution is 2.20. The minimum Gasteiger partial charge on any atom is -0.462 e. The molecule has 6 heteroatoms. The van der Waals surface area contributed by atoms with Gasteiger partial charge in [-0.05, 0) is 61.9 Å². The molecule has 23 heavy (non-hydrogen) atoms. The lowest BCUT2D eigenvalue weighted by Crippen LogP contribution is -2.19. The van der Waals surface area contributed by atoms with Crippen LogP contribution in [0.3, 0.4) is 0 Å². The second-order valence-electron chi connectivity index (χ2n) is 4.84. The molecule has 0 aliphatic carbocycles. The molecule has 120 valence electrons. The van der Waals surface area contributed by atoms with Gasteiger partial charge in [0.2, 0.25) is 0 Å². The number of anilines is 2. The molecule has 0 fully saturated rings. The second kappa shape index (κ2) is 7.78. The fourth-order valence-electron chi connectivity index (χ4n) is 1.92. The number of esters is 1. The summed E-state index contributed by atoms with van der Waals surface area (Å²) in [6.45, 7) is 4.02. The minimum absolute atomic E-state index is 0.327. The van der Waals surface area contributed by atoms with Gasteiger partial charge in [-0.3, -0.25) is 0 Å². The van der Waals surface area contributed by atoms with Crippen molar-refractivity contribution in [3.63, 3.8) is 0 Å². The van der Waals surface area contributed by atoms with Crippen LogP contribution in [0, 0.1) is 6.92 Å². The van der Waals surface area contributed by atoms with Gasteiger partial charge in [-0.2, -0.15) is 0 Å². The van der Waals surface area contributed by atoms with E-state index in [1.54, 1.807) is 37.3 Å². The van der Waals surface area contributed by atoms with Crippen molar-refractivity contribution in [2.45, 2.75) is 13.8 Å². The molecule has 2 aromatic carbocycles. The van der Waals surface area contributed by atoms with Gasteiger partial charge >= 0.3 is 12.0 Å². The first-order chi connectivity index (χ1) is 11.0. The maximum absolute atomic E-state index is 12.0. The molecule has 0 atom stereocenters. The highest BCUT2D eigenvalue weighted by atomic mass is 79.9. The van der Waals surface area contributed by atoms with Crippen LogP contribution < -0.4 is 10.6 Å². The third-order valence-electron chi connectivity index (χ3n) is 3.07. The molecule has 0 heterocycles. The molecule has 0 aliphatic rings. The van der Waals surface area contributed by atoms with E-state index < -0.39 is 0 Å². The van der Waals surface area contributed by atoms with Crippen molar-refractivity contribution in [3.8, 4) is 0 Å². The van der Waals surface area contributed by atoms with E-state index in [0.29, 0.717) is 23.5 Å². The molecule has 0 aliphatic heterocycles.